The van der Waals surface area contributed by atoms with Crippen LogP contribution in [0.15, 0.2) is 91.3 Å². The second kappa shape index (κ2) is 24.5. The van der Waals surface area contributed by atoms with Crippen LogP contribution < -0.4 is 58.8 Å². The smallest absolute Gasteiger partial charge is 0.327 e. The SMILES string of the molecule is CC=[N+](c1ccccn1)c1c(C(C)C)cc(-c2ccc(C)c(-c3cc(C(C)C)c([N+](=CC)c4ccccn4)c(C(C)C)c3)c2)cc1C(C)C.[Cl-].[Cl-].[Cl-].[Cl-].[Pd].[Pd]. The average Bonchev–Trinajstić information content (AvgIpc) is 3.09. The molecule has 5 aromatic rings. The van der Waals surface area contributed by atoms with E-state index >= 15 is 0 Å². The Hall–Kier alpha value is -2.22. The van der Waals surface area contributed by atoms with Gasteiger partial charge in [-0.2, -0.15) is 0 Å². The van der Waals surface area contributed by atoms with Crippen molar-refractivity contribution in [3.8, 4) is 22.3 Å². The van der Waals surface area contributed by atoms with Crippen molar-refractivity contribution in [1.82, 2.24) is 19.1 Å². The van der Waals surface area contributed by atoms with Gasteiger partial charge in [-0.25, -0.2) is 9.15 Å². The Balaban J connectivity index is 0. The van der Waals surface area contributed by atoms with Crippen LogP contribution in [-0.2, 0) is 40.8 Å². The molecule has 0 aliphatic rings. The summed E-state index contributed by atoms with van der Waals surface area (Å²) >= 11 is 0. The van der Waals surface area contributed by atoms with E-state index in [0.29, 0.717) is 23.7 Å². The van der Waals surface area contributed by atoms with Gasteiger partial charge in [0.05, 0.1) is 12.4 Å². The fraction of sp³-hybridized carbons (Fsp3) is 0.333. The molecule has 5 rings (SSSR count). The molecular weight excluding hydrogens is 951 g/mol. The van der Waals surface area contributed by atoms with Crippen LogP contribution in [0.5, 0.6) is 0 Å². The molecule has 0 aliphatic carbocycles. The molecule has 0 atom stereocenters. The van der Waals surface area contributed by atoms with E-state index in [1.165, 1.54) is 61.4 Å². The number of hydrogen-bond donors (Lipinski definition) is 0. The Bertz CT molecular complexity index is 1960. The van der Waals surface area contributed by atoms with Crippen LogP contribution in [0.25, 0.3) is 22.3 Å². The van der Waals surface area contributed by atoms with Crippen LogP contribution in [0.1, 0.15) is 121 Å². The van der Waals surface area contributed by atoms with E-state index in [2.05, 4.69) is 164 Å². The first-order valence-electron chi connectivity index (χ1n) is 17.9. The molecule has 0 spiro atoms. The third-order valence-electron chi connectivity index (χ3n) is 9.50. The summed E-state index contributed by atoms with van der Waals surface area (Å²) in [6.07, 6.45) is 8.04. The molecule has 0 saturated heterocycles. The largest absolute Gasteiger partial charge is 1.00 e. The molecule has 0 bridgehead atoms. The summed E-state index contributed by atoms with van der Waals surface area (Å²) in [7, 11) is 0. The zero-order chi connectivity index (χ0) is 35.4. The van der Waals surface area contributed by atoms with Gasteiger partial charge in [0.25, 0.3) is 0 Å². The van der Waals surface area contributed by atoms with Gasteiger partial charge in [-0.1, -0.05) is 79.7 Å². The van der Waals surface area contributed by atoms with E-state index in [4.69, 9.17) is 9.97 Å². The Labute approximate surface area is 383 Å². The van der Waals surface area contributed by atoms with Gasteiger partial charge in [0.15, 0.2) is 0 Å². The molecule has 0 saturated carbocycles. The van der Waals surface area contributed by atoms with Crippen molar-refractivity contribution in [3.63, 3.8) is 0 Å². The molecule has 304 valence electrons. The first-order chi connectivity index (χ1) is 23.5. The predicted octanol–water partition coefficient (Wildman–Crippen LogP) is 0.474. The minimum atomic E-state index is 0. The summed E-state index contributed by atoms with van der Waals surface area (Å²) in [5.74, 6) is 3.19. The summed E-state index contributed by atoms with van der Waals surface area (Å²) < 4.78 is 4.53. The number of rotatable bonds is 10. The molecule has 0 aliphatic heterocycles. The average molecular weight is 1010 g/mol. The molecule has 55 heavy (non-hydrogen) atoms. The summed E-state index contributed by atoms with van der Waals surface area (Å²) in [4.78, 5) is 9.46. The molecule has 2 aromatic heterocycles. The van der Waals surface area contributed by atoms with Crippen molar-refractivity contribution < 1.29 is 90.5 Å². The van der Waals surface area contributed by atoms with Crippen molar-refractivity contribution in [3.05, 3.63) is 119 Å². The Morgan fingerprint density at radius 3 is 1.15 bits per heavy atom. The Morgan fingerprint density at radius 1 is 0.473 bits per heavy atom. The number of aryl methyl sites for hydroxylation is 1. The Kier molecular flexibility index (Phi) is 24.5. The minimum absolute atomic E-state index is 0. The van der Waals surface area contributed by atoms with Crippen LogP contribution in [0.2, 0.25) is 0 Å². The zero-order valence-corrected chi connectivity index (χ0v) is 39.7. The monoisotopic (exact) mass is 1000 g/mol. The van der Waals surface area contributed by atoms with Gasteiger partial charge in [-0.05, 0) is 125 Å². The van der Waals surface area contributed by atoms with E-state index in [1.807, 2.05) is 24.5 Å². The van der Waals surface area contributed by atoms with E-state index < -0.39 is 0 Å². The van der Waals surface area contributed by atoms with Crippen molar-refractivity contribution >= 4 is 35.4 Å². The number of nitrogens with zero attached hydrogens (tertiary/aromatic N) is 4. The summed E-state index contributed by atoms with van der Waals surface area (Å²) in [5.41, 5.74) is 14.1. The first kappa shape index (κ1) is 54.9. The third-order valence-corrected chi connectivity index (χ3v) is 9.50. The molecule has 0 radical (unpaired) electrons. The third kappa shape index (κ3) is 12.1. The van der Waals surface area contributed by atoms with Gasteiger partial charge in [-0.15, -0.1) is 0 Å². The van der Waals surface area contributed by atoms with Crippen molar-refractivity contribution in [2.45, 2.75) is 99.8 Å². The van der Waals surface area contributed by atoms with Gasteiger partial charge >= 0.3 is 11.6 Å². The normalized spacial score (nSPS) is 11.2. The fourth-order valence-corrected chi connectivity index (χ4v) is 6.86. The van der Waals surface area contributed by atoms with Gasteiger partial charge in [0, 0.05) is 75.2 Å². The van der Waals surface area contributed by atoms with E-state index in [9.17, 15) is 0 Å². The maximum atomic E-state index is 4.73. The predicted molar refractivity (Wildman–Crippen MR) is 213 cm³/mol. The number of hydrogen-bond acceptors (Lipinski definition) is 2. The number of benzene rings is 3. The van der Waals surface area contributed by atoms with Crippen molar-refractivity contribution in [2.75, 3.05) is 0 Å². The number of halogens is 4. The molecule has 4 nitrogen and oxygen atoms in total. The van der Waals surface area contributed by atoms with Gasteiger partial charge in [0.2, 0.25) is 0 Å². The van der Waals surface area contributed by atoms with Gasteiger partial charge in [-0.3, -0.25) is 0 Å². The first-order valence-corrected chi connectivity index (χ1v) is 17.9. The molecule has 0 fully saturated rings. The molecule has 2 heterocycles. The molecule has 0 N–H and O–H groups in total. The van der Waals surface area contributed by atoms with Crippen molar-refractivity contribution in [1.29, 1.82) is 0 Å². The summed E-state index contributed by atoms with van der Waals surface area (Å²) in [5, 5.41) is 0. The standard InChI is InChI=1S/C45H54N4.4ClH.2Pd/c1-12-48(42-18-14-16-22-46-42)44-37(29(3)4)25-35(26-38(44)30(5)6)34-21-20-33(11)41(24-34)36-27-39(31(7)8)45(40(28-36)32(9)10)49(13-2)43-19-15-17-23-47-43;;;;;;/h12-32H,1-11H3;4*1H;;/q+2;;;;;;/p-4. The van der Waals surface area contributed by atoms with Crippen LogP contribution in [0, 0.1) is 6.92 Å². The summed E-state index contributed by atoms with van der Waals surface area (Å²) in [6.45, 7) is 24.8. The van der Waals surface area contributed by atoms with E-state index in [0.717, 1.165) is 11.6 Å². The number of pyridine rings is 2. The van der Waals surface area contributed by atoms with Crippen LogP contribution in [0.4, 0.5) is 23.0 Å². The maximum absolute atomic E-state index is 4.73. The molecular formula is C45H54Cl4N4Pd2-2. The molecule has 0 amide bonds. The summed E-state index contributed by atoms with van der Waals surface area (Å²) in [6, 6.07) is 28.9. The second-order valence-corrected chi connectivity index (χ2v) is 14.3. The minimum Gasteiger partial charge on any atom is -1.00 e. The zero-order valence-electron chi connectivity index (χ0n) is 33.6. The van der Waals surface area contributed by atoms with E-state index in [1.54, 1.807) is 0 Å². The van der Waals surface area contributed by atoms with Gasteiger partial charge in [0.1, 0.15) is 23.8 Å². The topological polar surface area (TPSA) is 31.8 Å². The molecule has 3 aromatic carbocycles. The van der Waals surface area contributed by atoms with Crippen LogP contribution >= 0.6 is 0 Å². The number of aromatic nitrogens is 2. The Morgan fingerprint density at radius 2 is 0.836 bits per heavy atom. The van der Waals surface area contributed by atoms with Crippen molar-refractivity contribution in [2.24, 2.45) is 0 Å². The van der Waals surface area contributed by atoms with Gasteiger partial charge < -0.3 is 49.6 Å². The second-order valence-electron chi connectivity index (χ2n) is 14.3. The molecule has 0 unspecified atom stereocenters. The van der Waals surface area contributed by atoms with Crippen LogP contribution in [0.3, 0.4) is 0 Å². The quantitative estimate of drug-likeness (QED) is 0.116. The van der Waals surface area contributed by atoms with E-state index in [-0.39, 0.29) is 90.5 Å². The molecule has 10 heteroatoms. The fourth-order valence-electron chi connectivity index (χ4n) is 6.86. The van der Waals surface area contributed by atoms with Crippen LogP contribution in [-0.4, -0.2) is 22.4 Å². The maximum Gasteiger partial charge on any atom is 0.327 e.